The van der Waals surface area contributed by atoms with E-state index in [0.29, 0.717) is 6.61 Å². The first-order valence-corrected chi connectivity index (χ1v) is 4.06. The summed E-state index contributed by atoms with van der Waals surface area (Å²) in [6, 6.07) is 0. The Bertz CT molecular complexity index is 140. The van der Waals surface area contributed by atoms with Crippen molar-refractivity contribution >= 4 is 0 Å². The molecule has 0 amide bonds. The molecule has 1 rings (SSSR count). The lowest BCUT2D eigenvalue weighted by Gasteiger charge is -2.24. The van der Waals surface area contributed by atoms with E-state index in [2.05, 4.69) is 5.92 Å². The molecule has 0 heterocycles. The smallest absolute Gasteiger partial charge is 0.107 e. The van der Waals surface area contributed by atoms with Crippen LogP contribution in [0.15, 0.2) is 0 Å². The van der Waals surface area contributed by atoms with Gasteiger partial charge in [0.15, 0.2) is 0 Å². The molecule has 11 heavy (non-hydrogen) atoms. The van der Waals surface area contributed by atoms with Crippen LogP contribution in [0.3, 0.4) is 0 Å². The summed E-state index contributed by atoms with van der Waals surface area (Å²) in [6.07, 6.45) is 8.83. The van der Waals surface area contributed by atoms with Crippen LogP contribution in [0.25, 0.3) is 0 Å². The first-order chi connectivity index (χ1) is 5.33. The normalized spacial score (nSPS) is 31.3. The molecular formula is C9H14O2. The van der Waals surface area contributed by atoms with Crippen molar-refractivity contribution < 1.29 is 9.84 Å². The van der Waals surface area contributed by atoms with Gasteiger partial charge >= 0.3 is 0 Å². The minimum atomic E-state index is -0.110. The molecule has 0 radical (unpaired) electrons. The molecule has 2 heteroatoms. The minimum absolute atomic E-state index is 0.110. The number of hydrogen-bond donors (Lipinski definition) is 1. The lowest BCUT2D eigenvalue weighted by atomic mass is 9.95. The fourth-order valence-corrected chi connectivity index (χ4v) is 1.38. The van der Waals surface area contributed by atoms with Gasteiger partial charge in [-0.3, -0.25) is 0 Å². The average molecular weight is 154 g/mol. The predicted molar refractivity (Wildman–Crippen MR) is 43.0 cm³/mol. The molecule has 0 bridgehead atoms. The van der Waals surface area contributed by atoms with Gasteiger partial charge in [0.2, 0.25) is 0 Å². The second kappa shape index (κ2) is 4.38. The van der Waals surface area contributed by atoms with E-state index in [9.17, 15) is 0 Å². The molecule has 1 saturated carbocycles. The van der Waals surface area contributed by atoms with Gasteiger partial charge in [-0.15, -0.1) is 6.42 Å². The van der Waals surface area contributed by atoms with Crippen LogP contribution in [-0.4, -0.2) is 23.9 Å². The van der Waals surface area contributed by atoms with Crippen LogP contribution in [0, 0.1) is 12.3 Å². The molecule has 2 nitrogen and oxygen atoms in total. The van der Waals surface area contributed by atoms with E-state index in [1.54, 1.807) is 0 Å². The molecule has 0 aliphatic heterocycles. The highest BCUT2D eigenvalue weighted by Gasteiger charge is 2.18. The van der Waals surface area contributed by atoms with E-state index in [4.69, 9.17) is 16.3 Å². The molecule has 62 valence electrons. The topological polar surface area (TPSA) is 29.5 Å². The third kappa shape index (κ3) is 2.92. The third-order valence-corrected chi connectivity index (χ3v) is 2.05. The predicted octanol–water partition coefficient (Wildman–Crippen LogP) is 0.940. The van der Waals surface area contributed by atoms with Gasteiger partial charge in [0.25, 0.3) is 0 Å². The van der Waals surface area contributed by atoms with Crippen molar-refractivity contribution in [2.24, 2.45) is 0 Å². The monoisotopic (exact) mass is 154 g/mol. The zero-order valence-electron chi connectivity index (χ0n) is 6.62. The Morgan fingerprint density at radius 2 is 2.00 bits per heavy atom. The third-order valence-electron chi connectivity index (χ3n) is 2.05. The highest BCUT2D eigenvalue weighted by molar-refractivity contribution is 4.84. The molecular weight excluding hydrogens is 140 g/mol. The maximum absolute atomic E-state index is 9.16. The number of rotatable bonds is 2. The van der Waals surface area contributed by atoms with E-state index in [-0.39, 0.29) is 12.2 Å². The summed E-state index contributed by atoms with van der Waals surface area (Å²) < 4.78 is 5.33. The standard InChI is InChI=1S/C9H14O2/c1-2-7-11-9-5-3-8(10)4-6-9/h1,8-10H,3-7H2. The molecule has 0 aromatic heterocycles. The highest BCUT2D eigenvalue weighted by atomic mass is 16.5. The molecule has 0 aromatic carbocycles. The second-order valence-corrected chi connectivity index (χ2v) is 2.95. The molecule has 0 unspecified atom stereocenters. The van der Waals surface area contributed by atoms with Gasteiger partial charge < -0.3 is 9.84 Å². The lowest BCUT2D eigenvalue weighted by molar-refractivity contribution is 0.0111. The van der Waals surface area contributed by atoms with Crippen molar-refractivity contribution in [3.8, 4) is 12.3 Å². The Morgan fingerprint density at radius 3 is 2.55 bits per heavy atom. The van der Waals surface area contributed by atoms with E-state index in [1.165, 1.54) is 0 Å². The van der Waals surface area contributed by atoms with Gasteiger partial charge in [0.1, 0.15) is 6.61 Å². The number of aliphatic hydroxyl groups excluding tert-OH is 1. The van der Waals surface area contributed by atoms with E-state index < -0.39 is 0 Å². The SMILES string of the molecule is C#CCOC1CCC(O)CC1. The van der Waals surface area contributed by atoms with Crippen LogP contribution in [0.4, 0.5) is 0 Å². The van der Waals surface area contributed by atoms with Gasteiger partial charge in [0.05, 0.1) is 12.2 Å². The Labute approximate surface area is 67.6 Å². The lowest BCUT2D eigenvalue weighted by Crippen LogP contribution is -2.24. The minimum Gasteiger partial charge on any atom is -0.393 e. The zero-order valence-corrected chi connectivity index (χ0v) is 6.62. The molecule has 0 aromatic rings. The number of hydrogen-bond acceptors (Lipinski definition) is 2. The maximum atomic E-state index is 9.16. The molecule has 0 spiro atoms. The fourth-order valence-electron chi connectivity index (χ4n) is 1.38. The first-order valence-electron chi connectivity index (χ1n) is 4.06. The second-order valence-electron chi connectivity index (χ2n) is 2.95. The van der Waals surface area contributed by atoms with Gasteiger partial charge in [0, 0.05) is 0 Å². The van der Waals surface area contributed by atoms with Crippen molar-refractivity contribution in [1.82, 2.24) is 0 Å². The number of terminal acetylenes is 1. The zero-order chi connectivity index (χ0) is 8.10. The summed E-state index contributed by atoms with van der Waals surface area (Å²) in [5.74, 6) is 2.44. The highest BCUT2D eigenvalue weighted by Crippen LogP contribution is 2.20. The van der Waals surface area contributed by atoms with E-state index in [0.717, 1.165) is 25.7 Å². The molecule has 1 aliphatic rings. The van der Waals surface area contributed by atoms with Crippen LogP contribution >= 0.6 is 0 Å². The Balaban J connectivity index is 2.13. The quantitative estimate of drug-likeness (QED) is 0.600. The van der Waals surface area contributed by atoms with Crippen molar-refractivity contribution in [2.45, 2.75) is 37.9 Å². The van der Waals surface area contributed by atoms with Crippen LogP contribution < -0.4 is 0 Å². The summed E-state index contributed by atoms with van der Waals surface area (Å²) >= 11 is 0. The molecule has 1 fully saturated rings. The fraction of sp³-hybridized carbons (Fsp3) is 0.778. The first kappa shape index (κ1) is 8.58. The summed E-state index contributed by atoms with van der Waals surface area (Å²) in [5.41, 5.74) is 0. The van der Waals surface area contributed by atoms with E-state index in [1.807, 2.05) is 0 Å². The van der Waals surface area contributed by atoms with Crippen LogP contribution in [0.2, 0.25) is 0 Å². The van der Waals surface area contributed by atoms with Gasteiger partial charge in [-0.25, -0.2) is 0 Å². The Kier molecular flexibility index (Phi) is 3.41. The number of ether oxygens (including phenoxy) is 1. The van der Waals surface area contributed by atoms with Gasteiger partial charge in [-0.05, 0) is 25.7 Å². The maximum Gasteiger partial charge on any atom is 0.107 e. The molecule has 0 atom stereocenters. The van der Waals surface area contributed by atoms with Crippen molar-refractivity contribution in [3.63, 3.8) is 0 Å². The van der Waals surface area contributed by atoms with Crippen molar-refractivity contribution in [3.05, 3.63) is 0 Å². The molecule has 1 aliphatic carbocycles. The van der Waals surface area contributed by atoms with Crippen molar-refractivity contribution in [2.75, 3.05) is 6.61 Å². The summed E-state index contributed by atoms with van der Waals surface area (Å²) in [6.45, 7) is 0.404. The average Bonchev–Trinajstić information content (AvgIpc) is 2.04. The van der Waals surface area contributed by atoms with Crippen LogP contribution in [0.1, 0.15) is 25.7 Å². The number of aliphatic hydroxyl groups is 1. The van der Waals surface area contributed by atoms with Crippen LogP contribution in [0.5, 0.6) is 0 Å². The Morgan fingerprint density at radius 1 is 1.36 bits per heavy atom. The van der Waals surface area contributed by atoms with E-state index >= 15 is 0 Å². The van der Waals surface area contributed by atoms with Gasteiger partial charge in [-0.1, -0.05) is 5.92 Å². The summed E-state index contributed by atoms with van der Waals surface area (Å²) in [4.78, 5) is 0. The largest absolute Gasteiger partial charge is 0.393 e. The van der Waals surface area contributed by atoms with Crippen LogP contribution in [-0.2, 0) is 4.74 Å². The Hall–Kier alpha value is -0.520. The summed E-state index contributed by atoms with van der Waals surface area (Å²) in [5, 5.41) is 9.16. The molecule has 1 N–H and O–H groups in total. The summed E-state index contributed by atoms with van der Waals surface area (Å²) in [7, 11) is 0. The van der Waals surface area contributed by atoms with Gasteiger partial charge in [-0.2, -0.15) is 0 Å². The molecule has 0 saturated heterocycles. The van der Waals surface area contributed by atoms with Crippen molar-refractivity contribution in [1.29, 1.82) is 0 Å².